The third-order valence-electron chi connectivity index (χ3n) is 2.59. The van der Waals surface area contributed by atoms with Crippen LogP contribution < -0.4 is 4.74 Å². The third kappa shape index (κ3) is 6.06. The van der Waals surface area contributed by atoms with Crippen LogP contribution >= 0.6 is 11.6 Å². The zero-order chi connectivity index (χ0) is 15.0. The molecule has 0 radical (unpaired) electrons. The molecule has 0 fully saturated rings. The lowest BCUT2D eigenvalue weighted by molar-refractivity contribution is -0.144. The van der Waals surface area contributed by atoms with Crippen LogP contribution in [0.3, 0.4) is 0 Å². The molecule has 1 aromatic carbocycles. The fourth-order valence-electron chi connectivity index (χ4n) is 1.53. The molecule has 0 N–H and O–H groups in total. The molecule has 0 heterocycles. The molecule has 0 aliphatic rings. The molecule has 0 spiro atoms. The van der Waals surface area contributed by atoms with Gasteiger partial charge in [-0.1, -0.05) is 18.5 Å². The number of esters is 2. The Bertz CT molecular complexity index is 471. The van der Waals surface area contributed by atoms with Crippen LogP contribution in [0.1, 0.15) is 38.2 Å². The summed E-state index contributed by atoms with van der Waals surface area (Å²) in [6.07, 6.45) is 1.63. The van der Waals surface area contributed by atoms with Gasteiger partial charge < -0.3 is 9.47 Å². The maximum absolute atomic E-state index is 11.6. The van der Waals surface area contributed by atoms with Crippen molar-refractivity contribution < 1.29 is 19.1 Å². The van der Waals surface area contributed by atoms with Crippen LogP contribution in [0.2, 0.25) is 5.02 Å². The van der Waals surface area contributed by atoms with E-state index in [2.05, 4.69) is 0 Å². The quantitative estimate of drug-likeness (QED) is 0.569. The number of hydrogen-bond acceptors (Lipinski definition) is 4. The van der Waals surface area contributed by atoms with Crippen molar-refractivity contribution in [1.29, 1.82) is 0 Å². The number of aryl methyl sites for hydroxylation is 1. The first kappa shape index (κ1) is 16.5. The number of benzene rings is 1. The van der Waals surface area contributed by atoms with Gasteiger partial charge in [-0.2, -0.15) is 0 Å². The first-order valence-corrected chi connectivity index (χ1v) is 7.03. The van der Waals surface area contributed by atoms with Crippen LogP contribution in [-0.2, 0) is 14.3 Å². The van der Waals surface area contributed by atoms with Gasteiger partial charge >= 0.3 is 11.9 Å². The fourth-order valence-corrected chi connectivity index (χ4v) is 1.65. The van der Waals surface area contributed by atoms with Crippen molar-refractivity contribution >= 4 is 23.5 Å². The van der Waals surface area contributed by atoms with Gasteiger partial charge in [0.15, 0.2) is 0 Å². The molecule has 5 heteroatoms. The molecule has 0 saturated carbocycles. The van der Waals surface area contributed by atoms with Gasteiger partial charge in [-0.25, -0.2) is 0 Å². The molecule has 110 valence electrons. The average molecular weight is 299 g/mol. The van der Waals surface area contributed by atoms with E-state index in [-0.39, 0.29) is 24.8 Å². The van der Waals surface area contributed by atoms with Gasteiger partial charge in [0, 0.05) is 17.9 Å². The Morgan fingerprint density at radius 2 is 1.90 bits per heavy atom. The van der Waals surface area contributed by atoms with E-state index in [0.29, 0.717) is 23.8 Å². The van der Waals surface area contributed by atoms with Crippen molar-refractivity contribution in [2.75, 3.05) is 6.61 Å². The van der Waals surface area contributed by atoms with Gasteiger partial charge in [-0.05, 0) is 43.5 Å². The Morgan fingerprint density at radius 1 is 1.20 bits per heavy atom. The topological polar surface area (TPSA) is 52.6 Å². The molecule has 0 unspecified atom stereocenters. The van der Waals surface area contributed by atoms with Gasteiger partial charge in [0.1, 0.15) is 5.75 Å². The van der Waals surface area contributed by atoms with Gasteiger partial charge in [0.2, 0.25) is 0 Å². The normalized spacial score (nSPS) is 10.2. The Balaban J connectivity index is 2.29. The first-order valence-electron chi connectivity index (χ1n) is 6.65. The molecule has 1 aromatic rings. The summed E-state index contributed by atoms with van der Waals surface area (Å²) < 4.78 is 10.1. The van der Waals surface area contributed by atoms with Crippen LogP contribution in [-0.4, -0.2) is 18.5 Å². The molecule has 0 saturated heterocycles. The number of halogens is 1. The number of carbonyl (C=O) groups excluding carboxylic acids is 2. The number of carbonyl (C=O) groups is 2. The second-order valence-corrected chi connectivity index (χ2v) is 4.87. The third-order valence-corrected chi connectivity index (χ3v) is 3.01. The molecule has 4 nitrogen and oxygen atoms in total. The molecule has 0 aliphatic carbocycles. The van der Waals surface area contributed by atoms with Crippen molar-refractivity contribution in [2.24, 2.45) is 0 Å². The van der Waals surface area contributed by atoms with Gasteiger partial charge in [0.25, 0.3) is 0 Å². The SMILES string of the molecule is CCCOC(=O)CCCC(=O)Oc1ccc(Cl)c(C)c1. The summed E-state index contributed by atoms with van der Waals surface area (Å²) in [7, 11) is 0. The minimum atomic E-state index is -0.366. The van der Waals surface area contributed by atoms with E-state index in [4.69, 9.17) is 21.1 Å². The van der Waals surface area contributed by atoms with E-state index in [1.807, 2.05) is 13.8 Å². The van der Waals surface area contributed by atoms with Crippen molar-refractivity contribution in [3.05, 3.63) is 28.8 Å². The molecule has 20 heavy (non-hydrogen) atoms. The van der Waals surface area contributed by atoms with Crippen molar-refractivity contribution in [2.45, 2.75) is 39.5 Å². The van der Waals surface area contributed by atoms with Crippen LogP contribution in [0.15, 0.2) is 18.2 Å². The summed E-state index contributed by atoms with van der Waals surface area (Å²) in [6, 6.07) is 5.03. The molecule has 1 rings (SSSR count). The van der Waals surface area contributed by atoms with Gasteiger partial charge in [0.05, 0.1) is 6.61 Å². The lowest BCUT2D eigenvalue weighted by Gasteiger charge is -2.06. The average Bonchev–Trinajstić information content (AvgIpc) is 2.40. The van der Waals surface area contributed by atoms with Crippen molar-refractivity contribution in [3.63, 3.8) is 0 Å². The Morgan fingerprint density at radius 3 is 2.55 bits per heavy atom. The highest BCUT2D eigenvalue weighted by Gasteiger charge is 2.08. The van der Waals surface area contributed by atoms with Crippen LogP contribution in [0, 0.1) is 6.92 Å². The zero-order valence-corrected chi connectivity index (χ0v) is 12.5. The molecular weight excluding hydrogens is 280 g/mol. The highest BCUT2D eigenvalue weighted by atomic mass is 35.5. The number of ether oxygens (including phenoxy) is 2. The minimum Gasteiger partial charge on any atom is -0.466 e. The summed E-state index contributed by atoms with van der Waals surface area (Å²) >= 11 is 5.89. The van der Waals surface area contributed by atoms with E-state index in [9.17, 15) is 9.59 Å². The molecule has 0 bridgehead atoms. The molecule has 0 amide bonds. The molecule has 0 aliphatic heterocycles. The molecule has 0 aromatic heterocycles. The maximum atomic E-state index is 11.6. The molecule has 0 atom stereocenters. The second kappa shape index (κ2) is 8.59. The van der Waals surface area contributed by atoms with Crippen LogP contribution in [0.5, 0.6) is 5.75 Å². The largest absolute Gasteiger partial charge is 0.466 e. The fraction of sp³-hybridized carbons (Fsp3) is 0.467. The lowest BCUT2D eigenvalue weighted by atomic mass is 10.2. The van der Waals surface area contributed by atoms with Crippen molar-refractivity contribution in [3.8, 4) is 5.75 Å². The second-order valence-electron chi connectivity index (χ2n) is 4.46. The summed E-state index contributed by atoms with van der Waals surface area (Å²) in [5.41, 5.74) is 0.847. The first-order chi connectivity index (χ1) is 9.52. The molecular formula is C15H19ClO4. The van der Waals surface area contributed by atoms with E-state index in [0.717, 1.165) is 12.0 Å². The predicted molar refractivity (Wildman–Crippen MR) is 76.9 cm³/mol. The standard InChI is InChI=1S/C15H19ClO4/c1-3-9-19-14(17)5-4-6-15(18)20-12-7-8-13(16)11(2)10-12/h7-8,10H,3-6,9H2,1-2H3. The summed E-state index contributed by atoms with van der Waals surface area (Å²) in [5.74, 6) is -0.178. The zero-order valence-electron chi connectivity index (χ0n) is 11.8. The van der Waals surface area contributed by atoms with Gasteiger partial charge in [-0.3, -0.25) is 9.59 Å². The highest BCUT2D eigenvalue weighted by Crippen LogP contribution is 2.21. The highest BCUT2D eigenvalue weighted by molar-refractivity contribution is 6.31. The number of hydrogen-bond donors (Lipinski definition) is 0. The Kier molecular flexibility index (Phi) is 7.09. The summed E-state index contributed by atoms with van der Waals surface area (Å²) in [5, 5.41) is 0.628. The van der Waals surface area contributed by atoms with Crippen molar-refractivity contribution in [1.82, 2.24) is 0 Å². The van der Waals surface area contributed by atoms with E-state index < -0.39 is 0 Å². The summed E-state index contributed by atoms with van der Waals surface area (Å²) in [4.78, 5) is 22.8. The van der Waals surface area contributed by atoms with Gasteiger partial charge in [-0.15, -0.1) is 0 Å². The Hall–Kier alpha value is -1.55. The number of rotatable bonds is 7. The maximum Gasteiger partial charge on any atom is 0.311 e. The minimum absolute atomic E-state index is 0.183. The Labute approximate surface area is 124 Å². The van der Waals surface area contributed by atoms with Crippen LogP contribution in [0.25, 0.3) is 0 Å². The lowest BCUT2D eigenvalue weighted by Crippen LogP contribution is -2.10. The van der Waals surface area contributed by atoms with E-state index >= 15 is 0 Å². The predicted octanol–water partition coefficient (Wildman–Crippen LogP) is 3.68. The smallest absolute Gasteiger partial charge is 0.311 e. The summed E-state index contributed by atoms with van der Waals surface area (Å²) in [6.45, 7) is 4.19. The van der Waals surface area contributed by atoms with E-state index in [1.54, 1.807) is 18.2 Å². The van der Waals surface area contributed by atoms with E-state index in [1.165, 1.54) is 0 Å². The van der Waals surface area contributed by atoms with Crippen LogP contribution in [0.4, 0.5) is 0 Å². The monoisotopic (exact) mass is 298 g/mol.